The van der Waals surface area contributed by atoms with Crippen LogP contribution in [-0.2, 0) is 45.1 Å². The van der Waals surface area contributed by atoms with E-state index in [1.165, 1.54) is 28.1 Å². The smallest absolute Gasteiger partial charge is 0.400 e. The van der Waals surface area contributed by atoms with Crippen LogP contribution in [0.15, 0.2) is 0 Å². The largest absolute Gasteiger partial charge is 2.00 e. The predicted octanol–water partition coefficient (Wildman–Crippen LogP) is 1.30. The van der Waals surface area contributed by atoms with Gasteiger partial charge in [-0.1, -0.05) is 6.42 Å². The van der Waals surface area contributed by atoms with Crippen LogP contribution >= 0.6 is 0 Å². The van der Waals surface area contributed by atoms with Gasteiger partial charge in [-0.15, -0.1) is 11.1 Å². The van der Waals surface area contributed by atoms with Crippen molar-refractivity contribution >= 4 is 19.8 Å². The molecule has 105 valence electrons. The number of halogens is 1. The Morgan fingerprint density at radius 3 is 2.45 bits per heavy atom. The molecule has 3 aliphatic heterocycles. The number of rotatable bonds is 1. The van der Waals surface area contributed by atoms with Crippen molar-refractivity contribution in [3.63, 3.8) is 0 Å². The van der Waals surface area contributed by atoms with Crippen molar-refractivity contribution in [2.45, 2.75) is 19.3 Å². The van der Waals surface area contributed by atoms with Gasteiger partial charge in [0.25, 0.3) is 0 Å². The molecular formula is C14H17BFN2OW. The van der Waals surface area contributed by atoms with Crippen LogP contribution in [0.3, 0.4) is 0 Å². The van der Waals surface area contributed by atoms with Crippen molar-refractivity contribution in [1.82, 2.24) is 0 Å². The maximum Gasteiger partial charge on any atom is 2.00 e. The molecule has 0 N–H and O–H groups in total. The van der Waals surface area contributed by atoms with Crippen molar-refractivity contribution in [1.29, 1.82) is 0 Å². The molecule has 0 aliphatic carbocycles. The molecule has 4 rings (SSSR count). The van der Waals surface area contributed by atoms with E-state index in [4.69, 9.17) is 4.74 Å². The summed E-state index contributed by atoms with van der Waals surface area (Å²) in [5, 5.41) is 0. The van der Waals surface area contributed by atoms with Crippen LogP contribution < -0.4 is 9.80 Å². The maximum absolute atomic E-state index is 5.75. The number of benzene rings is 1. The van der Waals surface area contributed by atoms with Gasteiger partial charge >= 0.3 is 21.1 Å². The van der Waals surface area contributed by atoms with Crippen LogP contribution in [0, 0.1) is 13.0 Å². The van der Waals surface area contributed by atoms with E-state index in [-0.39, 0.29) is 34.2 Å². The first kappa shape index (κ1) is 17.5. The SMILES string of the molecule is F.[B].[CH2-]Cc1[c-]c2c3c4c1CCN4COCN3CC2.[W+2]. The maximum atomic E-state index is 5.75. The molecular weight excluding hydrogens is 426 g/mol. The van der Waals surface area contributed by atoms with Crippen LogP contribution in [0.4, 0.5) is 16.1 Å². The van der Waals surface area contributed by atoms with Gasteiger partial charge in [-0.05, 0) is 17.8 Å². The van der Waals surface area contributed by atoms with Crippen molar-refractivity contribution in [3.05, 3.63) is 29.7 Å². The van der Waals surface area contributed by atoms with Crippen LogP contribution in [-0.4, -0.2) is 35.0 Å². The van der Waals surface area contributed by atoms with Crippen molar-refractivity contribution in [3.8, 4) is 0 Å². The summed E-state index contributed by atoms with van der Waals surface area (Å²) in [7, 11) is 0. The second-order valence-corrected chi connectivity index (χ2v) is 5.00. The van der Waals surface area contributed by atoms with E-state index in [2.05, 4.69) is 22.8 Å². The third kappa shape index (κ3) is 2.29. The zero-order valence-corrected chi connectivity index (χ0v) is 14.3. The molecule has 0 atom stereocenters. The zero-order valence-electron chi connectivity index (χ0n) is 11.4. The van der Waals surface area contributed by atoms with E-state index < -0.39 is 0 Å². The number of anilines is 2. The van der Waals surface area contributed by atoms with Gasteiger partial charge in [-0.25, -0.2) is 0 Å². The average Bonchev–Trinajstić information content (AvgIpc) is 2.88. The van der Waals surface area contributed by atoms with Gasteiger partial charge in [0.2, 0.25) is 0 Å². The Labute approximate surface area is 135 Å². The second kappa shape index (κ2) is 6.49. The van der Waals surface area contributed by atoms with Crippen LogP contribution in [0.1, 0.15) is 16.7 Å². The molecule has 0 unspecified atom stereocenters. The summed E-state index contributed by atoms with van der Waals surface area (Å²) in [5.41, 5.74) is 6.99. The third-order valence-corrected chi connectivity index (χ3v) is 4.10. The van der Waals surface area contributed by atoms with Gasteiger partial charge in [0, 0.05) is 21.5 Å². The van der Waals surface area contributed by atoms with E-state index in [1.54, 1.807) is 0 Å². The van der Waals surface area contributed by atoms with Gasteiger partial charge in [-0.2, -0.15) is 18.1 Å². The summed E-state index contributed by atoms with van der Waals surface area (Å²) in [6.07, 6.45) is 3.08. The molecule has 0 fully saturated rings. The molecule has 3 radical (unpaired) electrons. The Bertz CT molecular complexity index is 501. The number of hydrogen-bond acceptors (Lipinski definition) is 3. The molecule has 0 bridgehead atoms. The van der Waals surface area contributed by atoms with Gasteiger partial charge in [0.1, 0.15) is 13.5 Å². The predicted molar refractivity (Wildman–Crippen MR) is 75.5 cm³/mol. The summed E-state index contributed by atoms with van der Waals surface area (Å²) in [6.45, 7) is 7.67. The van der Waals surface area contributed by atoms with Crippen LogP contribution in [0.2, 0.25) is 0 Å². The average molecular weight is 443 g/mol. The monoisotopic (exact) mass is 443 g/mol. The van der Waals surface area contributed by atoms with Crippen molar-refractivity contribution in [2.24, 2.45) is 0 Å². The van der Waals surface area contributed by atoms with Gasteiger partial charge < -0.3 is 21.5 Å². The Balaban J connectivity index is 0.000000667. The Morgan fingerprint density at radius 2 is 1.75 bits per heavy atom. The van der Waals surface area contributed by atoms with E-state index in [9.17, 15) is 0 Å². The molecule has 1 aromatic carbocycles. The van der Waals surface area contributed by atoms with Crippen molar-refractivity contribution in [2.75, 3.05) is 36.4 Å². The molecule has 3 heterocycles. The quantitative estimate of drug-likeness (QED) is 0.482. The summed E-state index contributed by atoms with van der Waals surface area (Å²) < 4.78 is 5.75. The normalized spacial score (nSPS) is 17.6. The fourth-order valence-electron chi connectivity index (χ4n) is 3.33. The molecule has 3 aliphatic rings. The minimum atomic E-state index is 0. The van der Waals surface area contributed by atoms with Gasteiger partial charge in [0.15, 0.2) is 0 Å². The van der Waals surface area contributed by atoms with Crippen molar-refractivity contribution < 1.29 is 30.5 Å². The molecule has 0 amide bonds. The van der Waals surface area contributed by atoms with E-state index in [0.717, 1.165) is 45.8 Å². The first-order chi connectivity index (χ1) is 8.38. The van der Waals surface area contributed by atoms with Gasteiger partial charge in [0.05, 0.1) is 0 Å². The molecule has 3 nitrogen and oxygen atoms in total. The minimum absolute atomic E-state index is 0. The standard InChI is InChI=1S/C14H16N2O.B.FH.W/c1-2-10-7-11-3-5-15-8-17-9-16-6-4-12(10)14(16)13(11)15;;;/h1-6,8-9H2;;1H;/q-2;;;+2. The number of hydrogen-bond donors (Lipinski definition) is 0. The Morgan fingerprint density at radius 1 is 1.10 bits per heavy atom. The fraction of sp³-hybridized carbons (Fsp3) is 0.500. The topological polar surface area (TPSA) is 15.7 Å². The summed E-state index contributed by atoms with van der Waals surface area (Å²) in [6, 6.07) is 3.60. The number of ether oxygens (including phenoxy) is 1. The summed E-state index contributed by atoms with van der Waals surface area (Å²) in [5.74, 6) is 0. The fourth-order valence-corrected chi connectivity index (χ4v) is 3.33. The summed E-state index contributed by atoms with van der Waals surface area (Å²) in [4.78, 5) is 4.75. The zero-order chi connectivity index (χ0) is 11.4. The minimum Gasteiger partial charge on any atom is -0.400 e. The van der Waals surface area contributed by atoms with Crippen LogP contribution in [0.5, 0.6) is 0 Å². The van der Waals surface area contributed by atoms with Crippen LogP contribution in [0.25, 0.3) is 0 Å². The Kier molecular flexibility index (Phi) is 5.68. The summed E-state index contributed by atoms with van der Waals surface area (Å²) >= 11 is 0. The molecule has 1 aromatic rings. The molecule has 20 heavy (non-hydrogen) atoms. The third-order valence-electron chi connectivity index (χ3n) is 4.10. The van der Waals surface area contributed by atoms with E-state index in [1.807, 2.05) is 0 Å². The second-order valence-electron chi connectivity index (χ2n) is 5.00. The van der Waals surface area contributed by atoms with E-state index in [0.29, 0.717) is 0 Å². The van der Waals surface area contributed by atoms with Gasteiger partial charge in [-0.3, -0.25) is 4.70 Å². The van der Waals surface area contributed by atoms with E-state index >= 15 is 0 Å². The molecule has 6 heteroatoms. The molecule has 0 aromatic heterocycles. The number of nitrogens with zero attached hydrogens (tertiary/aromatic N) is 2. The molecule has 0 spiro atoms. The first-order valence-corrected chi connectivity index (χ1v) is 6.35. The first-order valence-electron chi connectivity index (χ1n) is 6.35. The molecule has 0 saturated carbocycles. The Hall–Kier alpha value is -0.537. The molecule has 0 saturated heterocycles.